The lowest BCUT2D eigenvalue weighted by Crippen LogP contribution is -2.36. The summed E-state index contributed by atoms with van der Waals surface area (Å²) in [4.78, 5) is 6.55. The average molecular weight is 276 g/mol. The lowest BCUT2D eigenvalue weighted by Gasteiger charge is -2.28. The Bertz CT molecular complexity index is 452. The summed E-state index contributed by atoms with van der Waals surface area (Å²) in [5, 5.41) is 12.6. The molecule has 19 heavy (non-hydrogen) atoms. The van der Waals surface area contributed by atoms with Crippen LogP contribution in [-0.4, -0.2) is 27.2 Å². The van der Waals surface area contributed by atoms with Gasteiger partial charge in [-0.2, -0.15) is 13.2 Å². The van der Waals surface area contributed by atoms with Gasteiger partial charge in [0.15, 0.2) is 0 Å². The normalized spacial score (nSPS) is 24.2. The zero-order chi connectivity index (χ0) is 14.0. The molecule has 1 aliphatic rings. The number of aliphatic hydroxyl groups excluding tert-OH is 1. The largest absolute Gasteiger partial charge is 0.451 e. The first-order valence-electron chi connectivity index (χ1n) is 6.02. The van der Waals surface area contributed by atoms with Crippen molar-refractivity contribution in [1.29, 1.82) is 0 Å². The monoisotopic (exact) mass is 276 g/mol. The van der Waals surface area contributed by atoms with Crippen molar-refractivity contribution in [3.8, 4) is 0 Å². The molecule has 0 aliphatic heterocycles. The van der Waals surface area contributed by atoms with Crippen molar-refractivity contribution in [2.45, 2.75) is 44.0 Å². The molecule has 1 aliphatic carbocycles. The van der Waals surface area contributed by atoms with Crippen molar-refractivity contribution in [2.75, 3.05) is 11.1 Å². The highest BCUT2D eigenvalue weighted by atomic mass is 19.4. The number of aliphatic hydroxyl groups is 1. The molecule has 8 heteroatoms. The van der Waals surface area contributed by atoms with E-state index in [0.717, 1.165) is 12.8 Å². The maximum Gasteiger partial charge on any atom is 0.451 e. The topological polar surface area (TPSA) is 84.1 Å². The van der Waals surface area contributed by atoms with Gasteiger partial charge in [-0.05, 0) is 12.8 Å². The second-order valence-electron chi connectivity index (χ2n) is 4.60. The molecule has 5 nitrogen and oxygen atoms in total. The van der Waals surface area contributed by atoms with E-state index in [1.165, 1.54) is 6.07 Å². The predicted octanol–water partition coefficient (Wildman–Crippen LogP) is 1.79. The van der Waals surface area contributed by atoms with Gasteiger partial charge < -0.3 is 16.2 Å². The van der Waals surface area contributed by atoms with Crippen LogP contribution in [-0.2, 0) is 6.18 Å². The van der Waals surface area contributed by atoms with Crippen LogP contribution in [0.1, 0.15) is 31.5 Å². The standard InChI is InChI=1S/C11H15F3N4O/c12-11(13,14)10-17-8(15)5-9(18-10)16-6-3-1-2-4-7(6)19/h5-7,19H,1-4H2,(H3,15,16,17,18). The Morgan fingerprint density at radius 2 is 1.95 bits per heavy atom. The van der Waals surface area contributed by atoms with E-state index >= 15 is 0 Å². The van der Waals surface area contributed by atoms with Crippen LogP contribution < -0.4 is 11.1 Å². The Hall–Kier alpha value is -1.57. The Labute approximate surface area is 108 Å². The lowest BCUT2D eigenvalue weighted by atomic mass is 9.92. The SMILES string of the molecule is Nc1cc(NC2CCCCC2O)nc(C(F)(F)F)n1. The molecule has 0 bridgehead atoms. The molecule has 0 aromatic carbocycles. The predicted molar refractivity (Wildman–Crippen MR) is 63.3 cm³/mol. The number of halogens is 3. The van der Waals surface area contributed by atoms with Crippen molar-refractivity contribution in [1.82, 2.24) is 9.97 Å². The molecule has 0 spiro atoms. The van der Waals surface area contributed by atoms with E-state index in [-0.39, 0.29) is 17.7 Å². The minimum absolute atomic E-state index is 0.00854. The van der Waals surface area contributed by atoms with Gasteiger partial charge in [0.2, 0.25) is 5.82 Å². The molecule has 0 amide bonds. The van der Waals surface area contributed by atoms with Crippen molar-refractivity contribution < 1.29 is 18.3 Å². The molecule has 4 N–H and O–H groups in total. The molecular weight excluding hydrogens is 261 g/mol. The number of hydrogen-bond donors (Lipinski definition) is 3. The van der Waals surface area contributed by atoms with Crippen LogP contribution in [0.15, 0.2) is 6.07 Å². The molecule has 1 heterocycles. The Balaban J connectivity index is 2.18. The molecule has 2 atom stereocenters. The summed E-state index contributed by atoms with van der Waals surface area (Å²) >= 11 is 0. The van der Waals surface area contributed by atoms with Crippen LogP contribution in [0.4, 0.5) is 24.8 Å². The highest BCUT2D eigenvalue weighted by Crippen LogP contribution is 2.28. The average Bonchev–Trinajstić information content (AvgIpc) is 2.30. The van der Waals surface area contributed by atoms with Gasteiger partial charge in [-0.25, -0.2) is 9.97 Å². The van der Waals surface area contributed by atoms with Crippen LogP contribution in [0.5, 0.6) is 0 Å². The number of rotatable bonds is 2. The smallest absolute Gasteiger partial charge is 0.391 e. The molecule has 1 fully saturated rings. The van der Waals surface area contributed by atoms with Gasteiger partial charge >= 0.3 is 6.18 Å². The first-order valence-corrected chi connectivity index (χ1v) is 6.02. The third-order valence-corrected chi connectivity index (χ3v) is 3.06. The highest BCUT2D eigenvalue weighted by Gasteiger charge is 2.35. The molecule has 2 rings (SSSR count). The third kappa shape index (κ3) is 3.46. The highest BCUT2D eigenvalue weighted by molar-refractivity contribution is 5.45. The molecule has 1 saturated carbocycles. The molecule has 106 valence electrons. The Morgan fingerprint density at radius 3 is 2.58 bits per heavy atom. The maximum absolute atomic E-state index is 12.5. The van der Waals surface area contributed by atoms with Crippen molar-refractivity contribution >= 4 is 11.6 Å². The fourth-order valence-electron chi connectivity index (χ4n) is 2.14. The van der Waals surface area contributed by atoms with E-state index in [9.17, 15) is 18.3 Å². The van der Waals surface area contributed by atoms with E-state index in [2.05, 4.69) is 15.3 Å². The summed E-state index contributed by atoms with van der Waals surface area (Å²) in [5.74, 6) is -1.54. The fraction of sp³-hybridized carbons (Fsp3) is 0.636. The molecule has 0 radical (unpaired) electrons. The number of aromatic nitrogens is 2. The van der Waals surface area contributed by atoms with Crippen LogP contribution in [0.25, 0.3) is 0 Å². The summed E-state index contributed by atoms with van der Waals surface area (Å²) < 4.78 is 37.6. The summed E-state index contributed by atoms with van der Waals surface area (Å²) in [5.41, 5.74) is 5.34. The zero-order valence-electron chi connectivity index (χ0n) is 10.1. The van der Waals surface area contributed by atoms with Gasteiger partial charge in [0.1, 0.15) is 11.6 Å². The van der Waals surface area contributed by atoms with E-state index in [1.54, 1.807) is 0 Å². The zero-order valence-corrected chi connectivity index (χ0v) is 10.1. The van der Waals surface area contributed by atoms with E-state index in [4.69, 9.17) is 5.73 Å². The number of nitrogens with two attached hydrogens (primary N) is 1. The fourth-order valence-corrected chi connectivity index (χ4v) is 2.14. The van der Waals surface area contributed by atoms with Gasteiger partial charge in [0.25, 0.3) is 0 Å². The Morgan fingerprint density at radius 1 is 1.26 bits per heavy atom. The number of nitrogens with zero attached hydrogens (tertiary/aromatic N) is 2. The summed E-state index contributed by atoms with van der Waals surface area (Å²) in [6.45, 7) is 0. The summed E-state index contributed by atoms with van der Waals surface area (Å²) in [6, 6.07) is 0.931. The van der Waals surface area contributed by atoms with E-state index < -0.39 is 18.1 Å². The van der Waals surface area contributed by atoms with Crippen LogP contribution in [0, 0.1) is 0 Å². The van der Waals surface area contributed by atoms with Crippen LogP contribution in [0.2, 0.25) is 0 Å². The maximum atomic E-state index is 12.5. The van der Waals surface area contributed by atoms with Gasteiger partial charge in [0, 0.05) is 6.07 Å². The number of anilines is 2. The van der Waals surface area contributed by atoms with Gasteiger partial charge in [0.05, 0.1) is 12.1 Å². The quantitative estimate of drug-likeness (QED) is 0.767. The molecule has 1 aromatic heterocycles. The van der Waals surface area contributed by atoms with E-state index in [1.807, 2.05) is 0 Å². The number of nitrogen functional groups attached to an aromatic ring is 1. The van der Waals surface area contributed by atoms with Crippen molar-refractivity contribution in [3.05, 3.63) is 11.9 Å². The number of hydrogen-bond acceptors (Lipinski definition) is 5. The van der Waals surface area contributed by atoms with Gasteiger partial charge in [-0.3, -0.25) is 0 Å². The van der Waals surface area contributed by atoms with Gasteiger partial charge in [-0.15, -0.1) is 0 Å². The minimum Gasteiger partial charge on any atom is -0.391 e. The molecule has 2 unspecified atom stereocenters. The number of nitrogens with one attached hydrogen (secondary N) is 1. The van der Waals surface area contributed by atoms with Crippen molar-refractivity contribution in [3.63, 3.8) is 0 Å². The minimum atomic E-state index is -4.64. The Kier molecular flexibility index (Phi) is 3.79. The van der Waals surface area contributed by atoms with Crippen molar-refractivity contribution in [2.24, 2.45) is 0 Å². The second-order valence-corrected chi connectivity index (χ2v) is 4.60. The first kappa shape index (κ1) is 13.9. The molecular formula is C11H15F3N4O. The number of alkyl halides is 3. The second kappa shape index (κ2) is 5.20. The van der Waals surface area contributed by atoms with Crippen LogP contribution in [0.3, 0.4) is 0 Å². The lowest BCUT2D eigenvalue weighted by molar-refractivity contribution is -0.144. The molecule has 1 aromatic rings. The molecule has 0 saturated heterocycles. The summed E-state index contributed by atoms with van der Waals surface area (Å²) in [7, 11) is 0. The van der Waals surface area contributed by atoms with Crippen LogP contribution >= 0.6 is 0 Å². The van der Waals surface area contributed by atoms with E-state index in [0.29, 0.717) is 12.8 Å². The first-order chi connectivity index (χ1) is 8.86. The summed E-state index contributed by atoms with van der Waals surface area (Å²) in [6.07, 6.45) is -2.08. The van der Waals surface area contributed by atoms with Gasteiger partial charge in [-0.1, -0.05) is 12.8 Å². The third-order valence-electron chi connectivity index (χ3n) is 3.06.